The Morgan fingerprint density at radius 2 is 0.568 bits per heavy atom. The van der Waals surface area contributed by atoms with Gasteiger partial charge in [0.15, 0.2) is 133 Å². The van der Waals surface area contributed by atoms with Crippen molar-refractivity contribution < 1.29 is 149 Å². The van der Waals surface area contributed by atoms with Gasteiger partial charge in [-0.05, 0) is 127 Å². The Bertz CT molecular complexity index is 5570. The maximum absolute atomic E-state index is 12.1. The van der Waals surface area contributed by atoms with E-state index in [0.29, 0.717) is 131 Å². The molecule has 0 aliphatic carbocycles. The van der Waals surface area contributed by atoms with Crippen LogP contribution < -0.4 is 34.8 Å². The van der Waals surface area contributed by atoms with Crippen molar-refractivity contribution >= 4 is 104 Å². The zero-order valence-corrected chi connectivity index (χ0v) is 76.1. The molecule has 0 fully saturated rings. The van der Waals surface area contributed by atoms with E-state index in [1.807, 2.05) is 98.8 Å². The number of ether oxygens (including phenoxy) is 16. The quantitative estimate of drug-likeness (QED) is 0.0206. The Hall–Kier alpha value is -13.7. The van der Waals surface area contributed by atoms with Gasteiger partial charge >= 0.3 is 68.4 Å². The lowest BCUT2D eigenvalue weighted by molar-refractivity contribution is -0.146. The van der Waals surface area contributed by atoms with Gasteiger partial charge in [0.2, 0.25) is 0 Å². The van der Waals surface area contributed by atoms with Crippen LogP contribution in [0.3, 0.4) is 0 Å². The Labute approximate surface area is 771 Å². The SMILES string of the molecule is C=C1OC(C)=C(COC(=O)SCCCC(=O)OCc2oc(=O)oc2C)O1.C=C1OC(C)=C(COC(=O)SCCN)O1.C=C1OC(COC(=O)SCCCC(=O)OCc2oc(=O)oc2-c2ccccc2)=C(c2ccccc2)O1.C=C1OC(COC(=O)SCCN)=C(c2ccccc2)O1.CCCCC(=O)OCc1oc(=O)oc1-c1ccccc1.CCCCC(=O)OCc1oc(=O)oc1C. The third kappa shape index (κ3) is 38.5. The highest BCUT2D eigenvalue weighted by molar-refractivity contribution is 8.14. The highest BCUT2D eigenvalue weighted by Crippen LogP contribution is 2.35. The summed E-state index contributed by atoms with van der Waals surface area (Å²) in [7, 11) is 0. The lowest BCUT2D eigenvalue weighted by Crippen LogP contribution is -2.08. The van der Waals surface area contributed by atoms with Gasteiger partial charge in [-0.3, -0.25) is 19.2 Å². The van der Waals surface area contributed by atoms with Crippen LogP contribution in [0.1, 0.15) is 138 Å². The summed E-state index contributed by atoms with van der Waals surface area (Å²) < 4.78 is 121. The second-order valence-corrected chi connectivity index (χ2v) is 30.8. The summed E-state index contributed by atoms with van der Waals surface area (Å²) in [4.78, 5) is 137. The lowest BCUT2D eigenvalue weighted by atomic mass is 10.1. The second-order valence-electron chi connectivity index (χ2n) is 26.7. The van der Waals surface area contributed by atoms with Gasteiger partial charge in [0.1, 0.15) is 11.5 Å². The van der Waals surface area contributed by atoms with Crippen LogP contribution in [-0.2, 0) is 121 Å². The smallest absolute Gasteiger partial charge is 0.457 e. The molecule has 0 radical (unpaired) electrons. The Balaban J connectivity index is 0.000000223. The zero-order valence-electron chi connectivity index (χ0n) is 72.8. The van der Waals surface area contributed by atoms with Gasteiger partial charge in [-0.1, -0.05) is 148 Å². The molecule has 0 amide bonds. The van der Waals surface area contributed by atoms with Crippen LogP contribution in [0.4, 0.5) is 19.2 Å². The van der Waals surface area contributed by atoms with Crippen molar-refractivity contribution in [1.82, 2.24) is 0 Å². The highest BCUT2D eigenvalue weighted by atomic mass is 32.2. The molecular weight excluding hydrogens is 1810 g/mol. The first kappa shape index (κ1) is 105. The van der Waals surface area contributed by atoms with Crippen molar-refractivity contribution in [3.63, 3.8) is 0 Å². The van der Waals surface area contributed by atoms with Gasteiger partial charge < -0.3 is 123 Å². The molecule has 0 saturated heterocycles. The molecule has 4 aliphatic rings. The van der Waals surface area contributed by atoms with Crippen LogP contribution >= 0.6 is 47.0 Å². The minimum atomic E-state index is -0.875. The molecule has 12 rings (SSSR count). The van der Waals surface area contributed by atoms with Crippen molar-refractivity contribution in [2.24, 2.45) is 11.5 Å². The van der Waals surface area contributed by atoms with Gasteiger partial charge in [-0.2, -0.15) is 0 Å². The number of unbranched alkanes of at least 4 members (excludes halogenated alkanes) is 2. The van der Waals surface area contributed by atoms with Gasteiger partial charge in [-0.25, -0.2) is 38.4 Å². The molecule has 4 aliphatic heterocycles. The molecule has 0 saturated carbocycles. The number of rotatable bonds is 38. The number of allylic oxidation sites excluding steroid dienone is 2. The molecule has 0 unspecified atom stereocenters. The summed E-state index contributed by atoms with van der Waals surface area (Å²) >= 11 is 3.94. The van der Waals surface area contributed by atoms with Crippen molar-refractivity contribution in [3.8, 4) is 22.6 Å². The summed E-state index contributed by atoms with van der Waals surface area (Å²) in [5.74, 6) is 3.19. The number of benzene rings is 4. The molecule has 38 nitrogen and oxygen atoms in total. The van der Waals surface area contributed by atoms with Crippen LogP contribution in [0, 0.1) is 13.8 Å². The molecule has 4 N–H and O–H groups in total. The van der Waals surface area contributed by atoms with E-state index in [0.717, 1.165) is 83.9 Å². The first-order valence-electron chi connectivity index (χ1n) is 40.4. The number of hydrogen-bond donors (Lipinski definition) is 2. The number of aryl methyl sites for hydroxylation is 2. The number of carbonyl (C=O) groups excluding carboxylic acids is 8. The highest BCUT2D eigenvalue weighted by Gasteiger charge is 2.29. The van der Waals surface area contributed by atoms with E-state index < -0.39 is 51.1 Å². The molecule has 42 heteroatoms. The van der Waals surface area contributed by atoms with Crippen LogP contribution in [0.25, 0.3) is 34.2 Å². The summed E-state index contributed by atoms with van der Waals surface area (Å²) in [6.07, 6.45) is 5.17. The minimum absolute atomic E-state index is 0.000345. The van der Waals surface area contributed by atoms with E-state index >= 15 is 0 Å². The predicted octanol–water partition coefficient (Wildman–Crippen LogP) is 17.6. The maximum Gasteiger partial charge on any atom is 0.519 e. The van der Waals surface area contributed by atoms with Crippen molar-refractivity contribution in [2.75, 3.05) is 62.5 Å². The number of nitrogens with two attached hydrogens (primary N) is 2. The van der Waals surface area contributed by atoms with Gasteiger partial charge in [0, 0.05) is 84.0 Å². The topological polar surface area (TPSA) is 510 Å². The average Bonchev–Trinajstić information content (AvgIpc) is 1.70. The molecule has 0 atom stereocenters. The monoisotopic (exact) mass is 1910 g/mol. The number of carbonyl (C=O) groups is 8. The molecule has 708 valence electrons. The third-order valence-electron chi connectivity index (χ3n) is 16.7. The fraction of sp³-hybridized carbons (Fsp3) is 0.333. The predicted molar refractivity (Wildman–Crippen MR) is 477 cm³/mol. The molecule has 4 aromatic carbocycles. The molecular formula is C90H98N2O36S4. The number of hydrogen-bond acceptors (Lipinski definition) is 42. The molecule has 8 heterocycles. The summed E-state index contributed by atoms with van der Waals surface area (Å²) in [6, 6.07) is 36.6. The molecule has 132 heavy (non-hydrogen) atoms. The Kier molecular flexibility index (Phi) is 45.8. The third-order valence-corrected chi connectivity index (χ3v) is 20.0. The maximum atomic E-state index is 12.1. The van der Waals surface area contributed by atoms with Crippen molar-refractivity contribution in [3.05, 3.63) is 294 Å². The van der Waals surface area contributed by atoms with E-state index in [2.05, 4.69) is 39.6 Å². The fourth-order valence-electron chi connectivity index (χ4n) is 10.4. The van der Waals surface area contributed by atoms with Gasteiger partial charge in [0.25, 0.3) is 23.8 Å². The largest absolute Gasteiger partial charge is 0.519 e. The Morgan fingerprint density at radius 3 is 0.856 bits per heavy atom. The van der Waals surface area contributed by atoms with Crippen molar-refractivity contribution in [2.45, 2.75) is 132 Å². The van der Waals surface area contributed by atoms with E-state index in [9.17, 15) is 57.5 Å². The van der Waals surface area contributed by atoms with Crippen LogP contribution in [-0.4, -0.2) is 108 Å². The second kappa shape index (κ2) is 57.4. The first-order valence-corrected chi connectivity index (χ1v) is 44.4. The Morgan fingerprint density at radius 1 is 0.303 bits per heavy atom. The van der Waals surface area contributed by atoms with Gasteiger partial charge in [0.05, 0.1) is 0 Å². The van der Waals surface area contributed by atoms with Crippen LogP contribution in [0.15, 0.2) is 260 Å². The fourth-order valence-corrected chi connectivity index (χ4v) is 12.4. The standard InChI is InChI=1S/C26H22O9S.C16H18O9S.C15H16O5.C14H15NO4S.C10H14O5.C9H13NO4S/c1-17-32-20(23(33-17)18-9-4-2-5-10-18)16-31-26(29)36-14-8-13-22(27)30-15-21-24(35-25(28)34-21)19-11-6-3-7-12-19;1-9-12(24-11(3)22-9)8-21-16(19)26-6-4-5-14(17)20-7-13-10(2)23-15(18)25-13;1-2-3-9-13(16)18-10-12-14(20-15(17)19-12)11-7-5-4-6-8-11;1-10-18-12(9-17-14(16)20-8-7-15)13(19-10)11-5-3-2-4-6-11;1-3-4-5-9(11)13-6-8-7(2)14-10(12)15-8;1-6-8(14-7(2)13-6)5-12-9(11)15-4-3-10/h2-7,9-12H,1,8,13-16H2;3-8H2,1-2H3;4-8H,2-3,9-10H2,1H3;2-6H,1,7-9,15H2;3-6H2,1-2H3;2-5,10H2,1H3. The molecule has 8 aromatic rings. The summed E-state index contributed by atoms with van der Waals surface area (Å²) in [6.45, 7) is 24.9. The van der Waals surface area contributed by atoms with Crippen molar-refractivity contribution in [1.29, 1.82) is 0 Å². The van der Waals surface area contributed by atoms with E-state index in [1.165, 1.54) is 6.92 Å². The normalized spacial score (nSPS) is 12.7. The van der Waals surface area contributed by atoms with Gasteiger partial charge in [-0.15, -0.1) is 0 Å². The number of esters is 4. The summed E-state index contributed by atoms with van der Waals surface area (Å²) in [5.41, 5.74) is 13.5. The number of thioether (sulfide) groups is 4. The van der Waals surface area contributed by atoms with Crippen LogP contribution in [0.5, 0.6) is 0 Å². The average molecular weight is 1910 g/mol. The van der Waals surface area contributed by atoms with E-state index in [1.54, 1.807) is 57.2 Å². The van der Waals surface area contributed by atoms with Crippen LogP contribution in [0.2, 0.25) is 0 Å². The minimum Gasteiger partial charge on any atom is -0.457 e. The van der Waals surface area contributed by atoms with E-state index in [-0.39, 0.29) is 141 Å². The lowest BCUT2D eigenvalue weighted by Gasteiger charge is -2.06. The first-order chi connectivity index (χ1) is 63.5. The summed E-state index contributed by atoms with van der Waals surface area (Å²) in [5, 5.41) is -1.77. The molecule has 0 spiro atoms. The van der Waals surface area contributed by atoms with E-state index in [4.69, 9.17) is 109 Å². The molecule has 4 aromatic heterocycles. The molecule has 0 bridgehead atoms. The zero-order chi connectivity index (χ0) is 95.7.